The average molecular weight is 392 g/mol. The summed E-state index contributed by atoms with van der Waals surface area (Å²) in [4.78, 5) is 11.3. The van der Waals surface area contributed by atoms with Crippen LogP contribution in [-0.2, 0) is 11.2 Å². The van der Waals surface area contributed by atoms with E-state index in [9.17, 15) is 18.0 Å². The SMILES string of the molecule is O=C(CBr)Cc1ccc(Br)cc1SC(F)(F)F. The monoisotopic (exact) mass is 390 g/mol. The smallest absolute Gasteiger partial charge is 0.298 e. The van der Waals surface area contributed by atoms with E-state index in [4.69, 9.17) is 0 Å². The van der Waals surface area contributed by atoms with Crippen molar-refractivity contribution in [1.82, 2.24) is 0 Å². The first-order valence-electron chi connectivity index (χ1n) is 4.43. The Bertz CT molecular complexity index is 421. The fourth-order valence-electron chi connectivity index (χ4n) is 1.15. The summed E-state index contributed by atoms with van der Waals surface area (Å²) in [6.45, 7) is 0. The van der Waals surface area contributed by atoms with E-state index in [2.05, 4.69) is 31.9 Å². The van der Waals surface area contributed by atoms with E-state index in [0.717, 1.165) is 0 Å². The van der Waals surface area contributed by atoms with E-state index in [-0.39, 0.29) is 34.2 Å². The largest absolute Gasteiger partial charge is 0.446 e. The Morgan fingerprint density at radius 2 is 2.00 bits per heavy atom. The van der Waals surface area contributed by atoms with Crippen LogP contribution in [0.2, 0.25) is 0 Å². The second kappa shape index (κ2) is 6.24. The van der Waals surface area contributed by atoms with Crippen LogP contribution in [0.3, 0.4) is 0 Å². The Kier molecular flexibility index (Phi) is 5.53. The number of rotatable bonds is 4. The van der Waals surface area contributed by atoms with Crippen LogP contribution >= 0.6 is 43.6 Å². The van der Waals surface area contributed by atoms with Gasteiger partial charge in [0.1, 0.15) is 5.78 Å². The highest BCUT2D eigenvalue weighted by atomic mass is 79.9. The molecule has 0 heterocycles. The summed E-state index contributed by atoms with van der Waals surface area (Å²) in [5.74, 6) is -0.156. The lowest BCUT2D eigenvalue weighted by Gasteiger charge is -2.10. The molecule has 1 nitrogen and oxygen atoms in total. The molecule has 0 aliphatic rings. The molecular formula is C10H7Br2F3OS. The molecule has 0 N–H and O–H groups in total. The van der Waals surface area contributed by atoms with Crippen molar-refractivity contribution in [3.8, 4) is 0 Å². The van der Waals surface area contributed by atoms with Crippen LogP contribution < -0.4 is 0 Å². The molecule has 0 aliphatic heterocycles. The lowest BCUT2D eigenvalue weighted by Crippen LogP contribution is -2.07. The molecule has 0 radical (unpaired) electrons. The molecule has 0 aromatic heterocycles. The quantitative estimate of drug-likeness (QED) is 0.552. The van der Waals surface area contributed by atoms with Gasteiger partial charge in [0.15, 0.2) is 0 Å². The maximum atomic E-state index is 12.3. The van der Waals surface area contributed by atoms with Gasteiger partial charge in [0.05, 0.1) is 5.33 Å². The number of carbonyl (C=O) groups excluding carboxylic acids is 1. The van der Waals surface area contributed by atoms with Crippen molar-refractivity contribution in [2.75, 3.05) is 5.33 Å². The number of benzene rings is 1. The Morgan fingerprint density at radius 1 is 1.35 bits per heavy atom. The third-order valence-electron chi connectivity index (χ3n) is 1.79. The van der Waals surface area contributed by atoms with Gasteiger partial charge < -0.3 is 0 Å². The Labute approximate surface area is 117 Å². The molecule has 0 amide bonds. The zero-order valence-electron chi connectivity index (χ0n) is 8.35. The number of halogens is 5. The molecule has 0 atom stereocenters. The highest BCUT2D eigenvalue weighted by Gasteiger charge is 2.30. The fraction of sp³-hybridized carbons (Fsp3) is 0.300. The van der Waals surface area contributed by atoms with E-state index < -0.39 is 5.51 Å². The summed E-state index contributed by atoms with van der Waals surface area (Å²) >= 11 is 5.89. The van der Waals surface area contributed by atoms with Gasteiger partial charge in [-0.2, -0.15) is 13.2 Å². The predicted molar refractivity (Wildman–Crippen MR) is 68.6 cm³/mol. The molecule has 7 heteroatoms. The Morgan fingerprint density at radius 3 is 2.53 bits per heavy atom. The van der Waals surface area contributed by atoms with Crippen molar-refractivity contribution in [3.63, 3.8) is 0 Å². The molecule has 0 fully saturated rings. The summed E-state index contributed by atoms with van der Waals surface area (Å²) in [6.07, 6.45) is -0.00303. The van der Waals surface area contributed by atoms with E-state index in [0.29, 0.717) is 10.0 Å². The van der Waals surface area contributed by atoms with E-state index in [1.165, 1.54) is 12.1 Å². The lowest BCUT2D eigenvalue weighted by atomic mass is 10.1. The van der Waals surface area contributed by atoms with Crippen molar-refractivity contribution in [2.45, 2.75) is 16.8 Å². The first-order chi connectivity index (χ1) is 7.81. The van der Waals surface area contributed by atoms with Crippen molar-refractivity contribution in [1.29, 1.82) is 0 Å². The van der Waals surface area contributed by atoms with E-state index >= 15 is 0 Å². The fourth-order valence-corrected chi connectivity index (χ4v) is 2.57. The van der Waals surface area contributed by atoms with Crippen LogP contribution in [-0.4, -0.2) is 16.6 Å². The predicted octanol–water partition coefficient (Wildman–Crippen LogP) is 4.57. The minimum atomic E-state index is -4.35. The highest BCUT2D eigenvalue weighted by molar-refractivity contribution is 9.10. The Balaban J connectivity index is 2.99. The van der Waals surface area contributed by atoms with Crippen LogP contribution in [0.1, 0.15) is 5.56 Å². The number of carbonyl (C=O) groups is 1. The van der Waals surface area contributed by atoms with Gasteiger partial charge in [0.2, 0.25) is 0 Å². The van der Waals surface area contributed by atoms with Crippen LogP contribution in [0.15, 0.2) is 27.6 Å². The number of alkyl halides is 4. The molecular weight excluding hydrogens is 385 g/mol. The highest BCUT2D eigenvalue weighted by Crippen LogP contribution is 2.39. The molecule has 17 heavy (non-hydrogen) atoms. The van der Waals surface area contributed by atoms with Gasteiger partial charge in [-0.25, -0.2) is 0 Å². The van der Waals surface area contributed by atoms with Gasteiger partial charge in [-0.15, -0.1) is 0 Å². The van der Waals surface area contributed by atoms with E-state index in [1.807, 2.05) is 0 Å². The van der Waals surface area contributed by atoms with Crippen LogP contribution in [0.25, 0.3) is 0 Å². The molecule has 1 aromatic carbocycles. The number of thioether (sulfide) groups is 1. The third kappa shape index (κ3) is 5.44. The van der Waals surface area contributed by atoms with Gasteiger partial charge in [-0.3, -0.25) is 4.79 Å². The molecule has 1 aromatic rings. The number of hydrogen-bond donors (Lipinski definition) is 0. The normalized spacial score (nSPS) is 11.6. The summed E-state index contributed by atoms with van der Waals surface area (Å²) in [5.41, 5.74) is -3.97. The molecule has 0 aliphatic carbocycles. The first kappa shape index (κ1) is 15.0. The molecule has 94 valence electrons. The van der Waals surface area contributed by atoms with Gasteiger partial charge in [0.25, 0.3) is 0 Å². The van der Waals surface area contributed by atoms with Gasteiger partial charge in [0, 0.05) is 15.8 Å². The van der Waals surface area contributed by atoms with Gasteiger partial charge in [-0.05, 0) is 29.5 Å². The van der Waals surface area contributed by atoms with Gasteiger partial charge >= 0.3 is 5.51 Å². The summed E-state index contributed by atoms with van der Waals surface area (Å²) in [5, 5.41) is 0.138. The zero-order valence-corrected chi connectivity index (χ0v) is 12.3. The second-order valence-electron chi connectivity index (χ2n) is 3.15. The summed E-state index contributed by atoms with van der Waals surface area (Å²) in [7, 11) is 0. The van der Waals surface area contributed by atoms with Crippen molar-refractivity contribution in [2.24, 2.45) is 0 Å². The van der Waals surface area contributed by atoms with Crippen LogP contribution in [0.4, 0.5) is 13.2 Å². The maximum absolute atomic E-state index is 12.3. The lowest BCUT2D eigenvalue weighted by molar-refractivity contribution is -0.115. The first-order valence-corrected chi connectivity index (χ1v) is 7.17. The molecule has 0 saturated heterocycles. The molecule has 0 bridgehead atoms. The van der Waals surface area contributed by atoms with Crippen LogP contribution in [0, 0.1) is 0 Å². The molecule has 0 unspecified atom stereocenters. The van der Waals surface area contributed by atoms with Crippen LogP contribution in [0.5, 0.6) is 0 Å². The topological polar surface area (TPSA) is 17.1 Å². The zero-order chi connectivity index (χ0) is 13.1. The standard InChI is InChI=1S/C10H7Br2F3OS/c11-5-8(16)3-6-1-2-7(12)4-9(6)17-10(13,14)15/h1-2,4H,3,5H2. The molecule has 0 spiro atoms. The third-order valence-corrected chi connectivity index (χ3v) is 3.74. The number of Topliss-reactive ketones (excluding diaryl/α,β-unsaturated/α-hetero) is 1. The Hall–Kier alpha value is -0.0100. The molecule has 0 saturated carbocycles. The number of ketones is 1. The van der Waals surface area contributed by atoms with Gasteiger partial charge in [-0.1, -0.05) is 37.9 Å². The minimum absolute atomic E-state index is 0.00303. The minimum Gasteiger partial charge on any atom is -0.298 e. The average Bonchev–Trinajstić information content (AvgIpc) is 2.19. The summed E-state index contributed by atoms with van der Waals surface area (Å²) < 4.78 is 37.5. The summed E-state index contributed by atoms with van der Waals surface area (Å²) in [6, 6.07) is 4.52. The molecule has 1 rings (SSSR count). The van der Waals surface area contributed by atoms with Crippen molar-refractivity contribution < 1.29 is 18.0 Å². The number of hydrogen-bond acceptors (Lipinski definition) is 2. The van der Waals surface area contributed by atoms with Crippen molar-refractivity contribution >= 4 is 49.4 Å². The van der Waals surface area contributed by atoms with E-state index in [1.54, 1.807) is 6.07 Å². The second-order valence-corrected chi connectivity index (χ2v) is 5.73. The van der Waals surface area contributed by atoms with Crippen molar-refractivity contribution in [3.05, 3.63) is 28.2 Å². The maximum Gasteiger partial charge on any atom is 0.446 e.